The van der Waals surface area contributed by atoms with Crippen molar-refractivity contribution >= 4 is 11.7 Å². The summed E-state index contributed by atoms with van der Waals surface area (Å²) in [7, 11) is 0. The van der Waals surface area contributed by atoms with Crippen molar-refractivity contribution in [2.24, 2.45) is 23.0 Å². The molecule has 0 bridgehead atoms. The third kappa shape index (κ3) is 2.70. The minimum atomic E-state index is -0.0928. The van der Waals surface area contributed by atoms with Gasteiger partial charge in [-0.05, 0) is 42.7 Å². The molecule has 1 heterocycles. The Kier molecular flexibility index (Phi) is 4.14. The highest BCUT2D eigenvalue weighted by Gasteiger charge is 2.45. The van der Waals surface area contributed by atoms with Crippen molar-refractivity contribution < 1.29 is 4.79 Å². The largest absolute Gasteiger partial charge is 0.327 e. The number of pyridine rings is 1. The molecule has 0 saturated heterocycles. The van der Waals surface area contributed by atoms with Crippen molar-refractivity contribution in [3.05, 3.63) is 23.9 Å². The number of nitrogens with zero attached hydrogens (tertiary/aromatic N) is 1. The first-order valence-electron chi connectivity index (χ1n) is 7.32. The van der Waals surface area contributed by atoms with E-state index in [-0.39, 0.29) is 23.3 Å². The van der Waals surface area contributed by atoms with Gasteiger partial charge in [0.15, 0.2) is 0 Å². The van der Waals surface area contributed by atoms with Crippen LogP contribution in [0.4, 0.5) is 5.82 Å². The van der Waals surface area contributed by atoms with Crippen LogP contribution < -0.4 is 11.1 Å². The van der Waals surface area contributed by atoms with Gasteiger partial charge in [0.2, 0.25) is 5.91 Å². The number of rotatable bonds is 2. The van der Waals surface area contributed by atoms with Gasteiger partial charge in [-0.25, -0.2) is 4.98 Å². The standard InChI is InChI=1S/C16H25N3O/c1-10-6-5-9-18-14(10)19-15(20)12-7-8-13(17)11(2)16(12,3)4/h5-6,9,11-13H,7-8,17H2,1-4H3,(H,18,19,20). The number of nitrogens with one attached hydrogen (secondary N) is 1. The van der Waals surface area contributed by atoms with Crippen LogP contribution in [-0.4, -0.2) is 16.9 Å². The lowest BCUT2D eigenvalue weighted by Gasteiger charge is -2.45. The summed E-state index contributed by atoms with van der Waals surface area (Å²) in [6.07, 6.45) is 3.45. The Bertz CT molecular complexity index is 498. The molecule has 0 spiro atoms. The molecule has 1 aromatic heterocycles. The molecule has 1 aliphatic carbocycles. The molecule has 1 aliphatic rings. The molecule has 1 fully saturated rings. The second-order valence-electron chi connectivity index (χ2n) is 6.56. The number of aryl methyl sites for hydroxylation is 1. The van der Waals surface area contributed by atoms with Gasteiger partial charge in [-0.2, -0.15) is 0 Å². The Hall–Kier alpha value is -1.42. The van der Waals surface area contributed by atoms with Gasteiger partial charge < -0.3 is 11.1 Å². The van der Waals surface area contributed by atoms with Crippen LogP contribution in [0.5, 0.6) is 0 Å². The molecule has 20 heavy (non-hydrogen) atoms. The first-order valence-corrected chi connectivity index (χ1v) is 7.32. The van der Waals surface area contributed by atoms with Crippen molar-refractivity contribution in [1.82, 2.24) is 4.98 Å². The lowest BCUT2D eigenvalue weighted by atomic mass is 9.61. The summed E-state index contributed by atoms with van der Waals surface area (Å²) in [5.74, 6) is 1.04. The summed E-state index contributed by atoms with van der Waals surface area (Å²) in [6.45, 7) is 8.39. The number of amides is 1. The first-order chi connectivity index (χ1) is 9.34. The molecular formula is C16H25N3O. The van der Waals surface area contributed by atoms with E-state index >= 15 is 0 Å². The van der Waals surface area contributed by atoms with E-state index in [0.717, 1.165) is 18.4 Å². The molecule has 4 nitrogen and oxygen atoms in total. The lowest BCUT2D eigenvalue weighted by Crippen LogP contribution is -2.50. The van der Waals surface area contributed by atoms with E-state index in [9.17, 15) is 4.79 Å². The van der Waals surface area contributed by atoms with Crippen molar-refractivity contribution in [2.75, 3.05) is 5.32 Å². The summed E-state index contributed by atoms with van der Waals surface area (Å²) < 4.78 is 0. The summed E-state index contributed by atoms with van der Waals surface area (Å²) in [5.41, 5.74) is 7.04. The van der Waals surface area contributed by atoms with E-state index in [2.05, 4.69) is 31.1 Å². The van der Waals surface area contributed by atoms with Crippen LogP contribution in [0.1, 0.15) is 39.2 Å². The highest BCUT2D eigenvalue weighted by Crippen LogP contribution is 2.44. The molecule has 0 aliphatic heterocycles. The Balaban J connectivity index is 2.15. The summed E-state index contributed by atoms with van der Waals surface area (Å²) in [6, 6.07) is 4.01. The highest BCUT2D eigenvalue weighted by molar-refractivity contribution is 5.92. The van der Waals surface area contributed by atoms with Crippen LogP contribution in [0, 0.1) is 24.2 Å². The predicted octanol–water partition coefficient (Wildman–Crippen LogP) is 2.73. The molecule has 0 radical (unpaired) electrons. The minimum absolute atomic E-state index is 0.0151. The summed E-state index contributed by atoms with van der Waals surface area (Å²) in [5, 5.41) is 2.98. The van der Waals surface area contributed by atoms with Gasteiger partial charge >= 0.3 is 0 Å². The van der Waals surface area contributed by atoms with Crippen LogP contribution >= 0.6 is 0 Å². The number of hydrogen-bond acceptors (Lipinski definition) is 3. The SMILES string of the molecule is Cc1cccnc1NC(=O)C1CCC(N)C(C)C1(C)C. The molecule has 4 heteroatoms. The lowest BCUT2D eigenvalue weighted by molar-refractivity contribution is -0.127. The monoisotopic (exact) mass is 275 g/mol. The Morgan fingerprint density at radius 2 is 2.15 bits per heavy atom. The van der Waals surface area contributed by atoms with E-state index in [0.29, 0.717) is 11.7 Å². The van der Waals surface area contributed by atoms with Gasteiger partial charge in [0.05, 0.1) is 0 Å². The van der Waals surface area contributed by atoms with Gasteiger partial charge in [0.1, 0.15) is 5.82 Å². The second-order valence-corrected chi connectivity index (χ2v) is 6.56. The summed E-state index contributed by atoms with van der Waals surface area (Å²) >= 11 is 0. The quantitative estimate of drug-likeness (QED) is 0.872. The van der Waals surface area contributed by atoms with E-state index in [1.165, 1.54) is 0 Å². The van der Waals surface area contributed by atoms with Gasteiger partial charge in [-0.3, -0.25) is 4.79 Å². The molecule has 3 atom stereocenters. The van der Waals surface area contributed by atoms with Crippen LogP contribution in [0.25, 0.3) is 0 Å². The second kappa shape index (κ2) is 5.52. The number of aromatic nitrogens is 1. The van der Waals surface area contributed by atoms with Crippen molar-refractivity contribution in [2.45, 2.75) is 46.6 Å². The maximum Gasteiger partial charge on any atom is 0.229 e. The third-order valence-corrected chi connectivity index (χ3v) is 5.07. The Labute approximate surface area is 121 Å². The molecule has 2 rings (SSSR count). The molecule has 1 aromatic rings. The number of hydrogen-bond donors (Lipinski definition) is 2. The normalized spacial score (nSPS) is 28.9. The fourth-order valence-electron chi connectivity index (χ4n) is 3.14. The zero-order chi connectivity index (χ0) is 14.9. The zero-order valence-corrected chi connectivity index (χ0v) is 12.8. The molecule has 1 amide bonds. The minimum Gasteiger partial charge on any atom is -0.327 e. The molecule has 3 unspecified atom stereocenters. The molecule has 1 saturated carbocycles. The van der Waals surface area contributed by atoms with Gasteiger partial charge in [0, 0.05) is 18.2 Å². The average molecular weight is 275 g/mol. The molecule has 110 valence electrons. The van der Waals surface area contributed by atoms with Gasteiger partial charge in [0.25, 0.3) is 0 Å². The molecule has 3 N–H and O–H groups in total. The smallest absolute Gasteiger partial charge is 0.229 e. The fourth-order valence-corrected chi connectivity index (χ4v) is 3.14. The molecular weight excluding hydrogens is 250 g/mol. The average Bonchev–Trinajstić information content (AvgIpc) is 2.38. The van der Waals surface area contributed by atoms with Gasteiger partial charge in [-0.1, -0.05) is 26.8 Å². The Morgan fingerprint density at radius 3 is 2.80 bits per heavy atom. The first kappa shape index (κ1) is 15.0. The van der Waals surface area contributed by atoms with Crippen molar-refractivity contribution in [3.8, 4) is 0 Å². The predicted molar refractivity (Wildman–Crippen MR) is 81.2 cm³/mol. The van der Waals surface area contributed by atoms with Crippen molar-refractivity contribution in [3.63, 3.8) is 0 Å². The topological polar surface area (TPSA) is 68.0 Å². The van der Waals surface area contributed by atoms with Crippen molar-refractivity contribution in [1.29, 1.82) is 0 Å². The molecule has 0 aromatic carbocycles. The van der Waals surface area contributed by atoms with Crippen LogP contribution in [0.3, 0.4) is 0 Å². The number of nitrogens with two attached hydrogens (primary N) is 1. The van der Waals surface area contributed by atoms with Crippen LogP contribution in [0.2, 0.25) is 0 Å². The maximum atomic E-state index is 12.6. The van der Waals surface area contributed by atoms with Crippen LogP contribution in [-0.2, 0) is 4.79 Å². The number of carbonyl (C=O) groups excluding carboxylic acids is 1. The number of anilines is 1. The fraction of sp³-hybridized carbons (Fsp3) is 0.625. The Morgan fingerprint density at radius 1 is 1.45 bits per heavy atom. The third-order valence-electron chi connectivity index (χ3n) is 5.07. The van der Waals surface area contributed by atoms with Crippen LogP contribution in [0.15, 0.2) is 18.3 Å². The summed E-state index contributed by atoms with van der Waals surface area (Å²) in [4.78, 5) is 16.8. The van der Waals surface area contributed by atoms with E-state index in [1.807, 2.05) is 19.1 Å². The van der Waals surface area contributed by atoms with E-state index in [4.69, 9.17) is 5.73 Å². The van der Waals surface area contributed by atoms with E-state index < -0.39 is 0 Å². The number of carbonyl (C=O) groups is 1. The van der Waals surface area contributed by atoms with Gasteiger partial charge in [-0.15, -0.1) is 0 Å². The van der Waals surface area contributed by atoms with E-state index in [1.54, 1.807) is 6.20 Å². The highest BCUT2D eigenvalue weighted by atomic mass is 16.2. The zero-order valence-electron chi connectivity index (χ0n) is 12.8. The maximum absolute atomic E-state index is 12.6.